The molecule has 1 aromatic carbocycles. The van der Waals surface area contributed by atoms with Gasteiger partial charge in [-0.1, -0.05) is 51.7 Å². The van der Waals surface area contributed by atoms with Gasteiger partial charge in [-0.15, -0.1) is 0 Å². The molecule has 0 spiro atoms. The van der Waals surface area contributed by atoms with Crippen molar-refractivity contribution in [2.45, 2.75) is 90.1 Å². The van der Waals surface area contributed by atoms with Gasteiger partial charge in [-0.25, -0.2) is 9.18 Å². The lowest BCUT2D eigenvalue weighted by atomic mass is 9.76. The van der Waals surface area contributed by atoms with Gasteiger partial charge in [0.1, 0.15) is 11.9 Å². The Kier molecular flexibility index (Phi) is 6.14. The molecule has 0 N–H and O–H groups in total. The molecule has 138 valence electrons. The number of hydrogen-bond acceptors (Lipinski definition) is 2. The van der Waals surface area contributed by atoms with E-state index in [1.54, 1.807) is 0 Å². The molecule has 25 heavy (non-hydrogen) atoms. The molecule has 1 saturated carbocycles. The van der Waals surface area contributed by atoms with Crippen molar-refractivity contribution in [2.75, 3.05) is 0 Å². The second-order valence-electron chi connectivity index (χ2n) is 7.86. The van der Waals surface area contributed by atoms with Crippen LogP contribution in [-0.2, 0) is 11.2 Å². The van der Waals surface area contributed by atoms with Crippen LogP contribution < -0.4 is 0 Å². The van der Waals surface area contributed by atoms with E-state index in [1.807, 2.05) is 19.1 Å². The highest BCUT2D eigenvalue weighted by Crippen LogP contribution is 2.40. The molecule has 3 heteroatoms. The number of fused-ring (bicyclic) bond motifs is 1. The minimum atomic E-state index is -0.472. The number of hydrogen-bond donors (Lipinski definition) is 0. The number of unbranched alkanes of at least 4 members (excludes halogenated alkanes) is 2. The first kappa shape index (κ1) is 18.4. The van der Waals surface area contributed by atoms with Crippen LogP contribution in [0.3, 0.4) is 0 Å². The van der Waals surface area contributed by atoms with Gasteiger partial charge in [0, 0.05) is 6.42 Å². The van der Waals surface area contributed by atoms with Crippen molar-refractivity contribution in [3.05, 3.63) is 34.6 Å². The zero-order chi connectivity index (χ0) is 17.8. The molecule has 0 bridgehead atoms. The van der Waals surface area contributed by atoms with Crippen molar-refractivity contribution in [1.82, 2.24) is 0 Å². The molecule has 1 atom stereocenters. The second kappa shape index (κ2) is 8.33. The summed E-state index contributed by atoms with van der Waals surface area (Å²) < 4.78 is 20.4. The molecule has 2 aliphatic rings. The standard InChI is InChI=1S/C22H31FO2/c1-3-5-6-7-15-8-10-16(11-9-15)19-13-12-17-14-18(4-2)25-22(24)20(17)21(19)23/h12-13,15-16,18H,3-11,14H2,1-2H3. The summed E-state index contributed by atoms with van der Waals surface area (Å²) in [5, 5.41) is 0. The highest BCUT2D eigenvalue weighted by atomic mass is 19.1. The number of ether oxygens (including phenoxy) is 1. The van der Waals surface area contributed by atoms with Crippen LogP contribution in [0.4, 0.5) is 4.39 Å². The smallest absolute Gasteiger partial charge is 0.341 e. The quantitative estimate of drug-likeness (QED) is 0.455. The van der Waals surface area contributed by atoms with Crippen LogP contribution in [0.15, 0.2) is 12.1 Å². The van der Waals surface area contributed by atoms with Crippen LogP contribution in [0.5, 0.6) is 0 Å². The minimum Gasteiger partial charge on any atom is -0.458 e. The van der Waals surface area contributed by atoms with E-state index in [4.69, 9.17) is 4.74 Å². The van der Waals surface area contributed by atoms with E-state index >= 15 is 4.39 Å². The number of benzene rings is 1. The minimum absolute atomic E-state index is 0.108. The Morgan fingerprint density at radius 2 is 1.88 bits per heavy atom. The lowest BCUT2D eigenvalue weighted by Gasteiger charge is -2.30. The van der Waals surface area contributed by atoms with Gasteiger partial charge in [-0.2, -0.15) is 0 Å². The predicted octanol–water partition coefficient (Wildman–Crippen LogP) is 6.17. The van der Waals surface area contributed by atoms with Crippen LogP contribution in [0, 0.1) is 11.7 Å². The fourth-order valence-corrected chi connectivity index (χ4v) is 4.51. The average Bonchev–Trinajstić information content (AvgIpc) is 2.62. The van der Waals surface area contributed by atoms with Gasteiger partial charge >= 0.3 is 5.97 Å². The van der Waals surface area contributed by atoms with Crippen molar-refractivity contribution in [1.29, 1.82) is 0 Å². The number of rotatable bonds is 6. The van der Waals surface area contributed by atoms with Crippen molar-refractivity contribution in [3.63, 3.8) is 0 Å². The monoisotopic (exact) mass is 346 g/mol. The van der Waals surface area contributed by atoms with Crippen molar-refractivity contribution >= 4 is 5.97 Å². The van der Waals surface area contributed by atoms with E-state index in [1.165, 1.54) is 38.5 Å². The normalized spacial score (nSPS) is 26.2. The summed E-state index contributed by atoms with van der Waals surface area (Å²) in [4.78, 5) is 12.2. The van der Waals surface area contributed by atoms with Crippen molar-refractivity contribution in [3.8, 4) is 0 Å². The third kappa shape index (κ3) is 4.07. The highest BCUT2D eigenvalue weighted by molar-refractivity contribution is 5.92. The van der Waals surface area contributed by atoms with E-state index < -0.39 is 5.97 Å². The highest BCUT2D eigenvalue weighted by Gasteiger charge is 2.32. The maximum Gasteiger partial charge on any atom is 0.341 e. The van der Waals surface area contributed by atoms with Crippen LogP contribution in [0.1, 0.15) is 99.0 Å². The summed E-state index contributed by atoms with van der Waals surface area (Å²) >= 11 is 0. The third-order valence-electron chi connectivity index (χ3n) is 6.14. The Morgan fingerprint density at radius 1 is 1.12 bits per heavy atom. The summed E-state index contributed by atoms with van der Waals surface area (Å²) in [6.45, 7) is 4.23. The molecule has 1 aliphatic carbocycles. The SMILES string of the molecule is CCCCCC1CCC(c2ccc3c(c2F)C(=O)OC(CC)C3)CC1. The van der Waals surface area contributed by atoms with Gasteiger partial charge in [0.25, 0.3) is 0 Å². The topological polar surface area (TPSA) is 26.3 Å². The molecule has 1 aromatic rings. The van der Waals surface area contributed by atoms with Gasteiger partial charge in [0.2, 0.25) is 0 Å². The second-order valence-corrected chi connectivity index (χ2v) is 7.86. The first-order chi connectivity index (χ1) is 12.1. The van der Waals surface area contributed by atoms with Crippen LogP contribution in [0.2, 0.25) is 0 Å². The molecular weight excluding hydrogens is 315 g/mol. The lowest BCUT2D eigenvalue weighted by molar-refractivity contribution is 0.0242. The molecule has 1 heterocycles. The lowest BCUT2D eigenvalue weighted by Crippen LogP contribution is -2.29. The fourth-order valence-electron chi connectivity index (χ4n) is 4.51. The van der Waals surface area contributed by atoms with Crippen molar-refractivity contribution in [2.24, 2.45) is 5.92 Å². The van der Waals surface area contributed by atoms with Crippen LogP contribution >= 0.6 is 0 Å². The Balaban J connectivity index is 1.68. The Labute approximate surface area is 151 Å². The number of esters is 1. The molecule has 0 radical (unpaired) electrons. The zero-order valence-electron chi connectivity index (χ0n) is 15.7. The first-order valence-corrected chi connectivity index (χ1v) is 10.2. The number of carbonyl (C=O) groups is 1. The van der Waals surface area contributed by atoms with E-state index in [-0.39, 0.29) is 23.4 Å². The van der Waals surface area contributed by atoms with Crippen LogP contribution in [-0.4, -0.2) is 12.1 Å². The summed E-state index contributed by atoms with van der Waals surface area (Å²) in [6, 6.07) is 3.89. The van der Waals surface area contributed by atoms with E-state index in [2.05, 4.69) is 6.92 Å². The third-order valence-corrected chi connectivity index (χ3v) is 6.14. The summed E-state index contributed by atoms with van der Waals surface area (Å²) in [6.07, 6.45) is 11.0. The molecule has 3 rings (SSSR count). The Bertz CT molecular complexity index is 602. The van der Waals surface area contributed by atoms with Gasteiger partial charge in [0.05, 0.1) is 5.56 Å². The molecule has 2 nitrogen and oxygen atoms in total. The fraction of sp³-hybridized carbons (Fsp3) is 0.682. The summed E-state index contributed by atoms with van der Waals surface area (Å²) in [7, 11) is 0. The number of cyclic esters (lactones) is 1. The summed E-state index contributed by atoms with van der Waals surface area (Å²) in [5.74, 6) is 0.273. The molecule has 1 aliphatic heterocycles. The molecule has 0 amide bonds. The average molecular weight is 346 g/mol. The van der Waals surface area contributed by atoms with E-state index in [0.717, 1.165) is 36.3 Å². The number of carbonyl (C=O) groups excluding carboxylic acids is 1. The van der Waals surface area contributed by atoms with E-state index in [0.29, 0.717) is 6.42 Å². The zero-order valence-corrected chi connectivity index (χ0v) is 15.7. The molecule has 1 unspecified atom stereocenters. The maximum atomic E-state index is 15.1. The molecular formula is C22H31FO2. The largest absolute Gasteiger partial charge is 0.458 e. The van der Waals surface area contributed by atoms with E-state index in [9.17, 15) is 4.79 Å². The first-order valence-electron chi connectivity index (χ1n) is 10.2. The Hall–Kier alpha value is -1.38. The van der Waals surface area contributed by atoms with Crippen molar-refractivity contribution < 1.29 is 13.9 Å². The predicted molar refractivity (Wildman–Crippen MR) is 98.4 cm³/mol. The molecule has 0 saturated heterocycles. The van der Waals surface area contributed by atoms with Gasteiger partial charge in [0.15, 0.2) is 0 Å². The number of halogens is 1. The Morgan fingerprint density at radius 3 is 2.56 bits per heavy atom. The molecule has 0 aromatic heterocycles. The molecule has 1 fully saturated rings. The maximum absolute atomic E-state index is 15.1. The van der Waals surface area contributed by atoms with Gasteiger partial charge in [-0.05, 0) is 55.1 Å². The van der Waals surface area contributed by atoms with Crippen LogP contribution in [0.25, 0.3) is 0 Å². The van der Waals surface area contributed by atoms with Gasteiger partial charge < -0.3 is 4.74 Å². The summed E-state index contributed by atoms with van der Waals surface area (Å²) in [5.41, 5.74) is 1.75. The van der Waals surface area contributed by atoms with Gasteiger partial charge in [-0.3, -0.25) is 0 Å².